The van der Waals surface area contributed by atoms with E-state index in [0.717, 1.165) is 17.3 Å². The molecule has 0 aliphatic carbocycles. The van der Waals surface area contributed by atoms with Crippen molar-refractivity contribution < 1.29 is 18.8 Å². The first kappa shape index (κ1) is 21.6. The number of furan rings is 1. The van der Waals surface area contributed by atoms with Crippen molar-refractivity contribution in [3.8, 4) is 0 Å². The number of nitrogens with one attached hydrogen (secondary N) is 1. The molecule has 0 bridgehead atoms. The lowest BCUT2D eigenvalue weighted by atomic mass is 9.94. The molecule has 2 fully saturated rings. The average Bonchev–Trinajstić information content (AvgIpc) is 3.34. The van der Waals surface area contributed by atoms with Crippen LogP contribution in [0.3, 0.4) is 0 Å². The number of carbonyl (C=O) groups is 3. The highest BCUT2D eigenvalue weighted by molar-refractivity contribution is 9.10. The van der Waals surface area contributed by atoms with Crippen molar-refractivity contribution >= 4 is 33.7 Å². The zero-order valence-corrected chi connectivity index (χ0v) is 18.8. The van der Waals surface area contributed by atoms with Gasteiger partial charge in [-0.1, -0.05) is 15.9 Å². The predicted octanol–water partition coefficient (Wildman–Crippen LogP) is 3.32. The minimum absolute atomic E-state index is 0.0148. The van der Waals surface area contributed by atoms with E-state index in [-0.39, 0.29) is 29.7 Å². The van der Waals surface area contributed by atoms with E-state index < -0.39 is 0 Å². The smallest absolute Gasteiger partial charge is 0.257 e. The lowest BCUT2D eigenvalue weighted by Crippen LogP contribution is -2.49. The molecule has 2 aromatic rings. The van der Waals surface area contributed by atoms with Crippen LogP contribution in [0.5, 0.6) is 0 Å². The Balaban J connectivity index is 1.21. The summed E-state index contributed by atoms with van der Waals surface area (Å²) in [5.41, 5.74) is 1.23. The van der Waals surface area contributed by atoms with Gasteiger partial charge in [-0.15, -0.1) is 0 Å². The van der Waals surface area contributed by atoms with Crippen molar-refractivity contribution in [2.75, 3.05) is 26.2 Å². The van der Waals surface area contributed by atoms with Gasteiger partial charge in [-0.3, -0.25) is 14.4 Å². The second-order valence-electron chi connectivity index (χ2n) is 8.16. The van der Waals surface area contributed by atoms with Gasteiger partial charge in [0.05, 0.1) is 11.8 Å². The third-order valence-electron chi connectivity index (χ3n) is 6.14. The molecule has 3 amide bonds. The van der Waals surface area contributed by atoms with Gasteiger partial charge in [-0.2, -0.15) is 0 Å². The summed E-state index contributed by atoms with van der Waals surface area (Å²) in [5, 5.41) is 3.16. The minimum atomic E-state index is -0.0699. The van der Waals surface area contributed by atoms with Crippen molar-refractivity contribution in [1.29, 1.82) is 0 Å². The molecule has 1 aromatic heterocycles. The first-order chi connectivity index (χ1) is 15.0. The lowest BCUT2D eigenvalue weighted by molar-refractivity contribution is -0.127. The van der Waals surface area contributed by atoms with Crippen molar-refractivity contribution in [3.05, 3.63) is 58.5 Å². The molecule has 2 saturated heterocycles. The van der Waals surface area contributed by atoms with E-state index in [9.17, 15) is 14.4 Å². The summed E-state index contributed by atoms with van der Waals surface area (Å²) in [7, 11) is 0. The Morgan fingerprint density at radius 2 is 1.42 bits per heavy atom. The number of hydrogen-bond donors (Lipinski definition) is 1. The molecular formula is C23H26BrN3O4. The largest absolute Gasteiger partial charge is 0.472 e. The first-order valence-electron chi connectivity index (χ1n) is 10.7. The van der Waals surface area contributed by atoms with Crippen LogP contribution in [0.4, 0.5) is 0 Å². The summed E-state index contributed by atoms with van der Waals surface area (Å²) in [4.78, 5) is 41.4. The van der Waals surface area contributed by atoms with Crippen LogP contribution in [-0.2, 0) is 4.79 Å². The highest BCUT2D eigenvalue weighted by atomic mass is 79.9. The predicted molar refractivity (Wildman–Crippen MR) is 119 cm³/mol. The van der Waals surface area contributed by atoms with Crippen LogP contribution in [0.15, 0.2) is 51.7 Å². The Morgan fingerprint density at radius 3 is 2.00 bits per heavy atom. The van der Waals surface area contributed by atoms with Gasteiger partial charge in [0, 0.05) is 48.2 Å². The lowest BCUT2D eigenvalue weighted by Gasteiger charge is -2.35. The molecule has 8 heteroatoms. The van der Waals surface area contributed by atoms with Crippen LogP contribution in [-0.4, -0.2) is 59.7 Å². The number of rotatable bonds is 4. The van der Waals surface area contributed by atoms with Crippen molar-refractivity contribution in [1.82, 2.24) is 15.1 Å². The second kappa shape index (κ2) is 9.68. The van der Waals surface area contributed by atoms with E-state index in [2.05, 4.69) is 21.2 Å². The fraction of sp³-hybridized carbons (Fsp3) is 0.435. The van der Waals surface area contributed by atoms with Crippen LogP contribution < -0.4 is 5.32 Å². The summed E-state index contributed by atoms with van der Waals surface area (Å²) in [6.45, 7) is 2.42. The van der Waals surface area contributed by atoms with E-state index in [0.29, 0.717) is 50.1 Å². The molecule has 0 spiro atoms. The molecule has 7 nitrogen and oxygen atoms in total. The zero-order valence-electron chi connectivity index (χ0n) is 17.3. The molecule has 4 rings (SSSR count). The van der Waals surface area contributed by atoms with Gasteiger partial charge in [0.15, 0.2) is 0 Å². The third-order valence-corrected chi connectivity index (χ3v) is 6.67. The summed E-state index contributed by atoms with van der Waals surface area (Å²) in [5.74, 6) is -0.0164. The number of hydrogen-bond acceptors (Lipinski definition) is 4. The molecule has 164 valence electrons. The molecule has 3 heterocycles. The Kier molecular flexibility index (Phi) is 6.75. The number of carbonyl (C=O) groups excluding carboxylic acids is 3. The van der Waals surface area contributed by atoms with E-state index in [1.807, 2.05) is 29.2 Å². The van der Waals surface area contributed by atoms with E-state index in [4.69, 9.17) is 4.42 Å². The van der Waals surface area contributed by atoms with Gasteiger partial charge >= 0.3 is 0 Å². The summed E-state index contributed by atoms with van der Waals surface area (Å²) in [6.07, 6.45) is 5.80. The molecule has 0 atom stereocenters. The number of nitrogens with zero attached hydrogens (tertiary/aromatic N) is 2. The highest BCUT2D eigenvalue weighted by Crippen LogP contribution is 2.21. The van der Waals surface area contributed by atoms with Crippen LogP contribution in [0, 0.1) is 5.92 Å². The Bertz CT molecular complexity index is 913. The fourth-order valence-corrected chi connectivity index (χ4v) is 4.50. The van der Waals surface area contributed by atoms with Crippen molar-refractivity contribution in [2.45, 2.75) is 31.7 Å². The SMILES string of the molecule is O=C(NC1CCN(C(=O)c2ccoc2)CC1)C1CCN(C(=O)c2ccc(Br)cc2)CC1. The number of halogens is 1. The van der Waals surface area contributed by atoms with E-state index in [1.54, 1.807) is 11.0 Å². The molecular weight excluding hydrogens is 462 g/mol. The number of benzene rings is 1. The maximum absolute atomic E-state index is 12.7. The highest BCUT2D eigenvalue weighted by Gasteiger charge is 2.30. The Morgan fingerprint density at radius 1 is 0.839 bits per heavy atom. The van der Waals surface area contributed by atoms with Gasteiger partial charge in [0.1, 0.15) is 6.26 Å². The van der Waals surface area contributed by atoms with Crippen molar-refractivity contribution in [2.24, 2.45) is 5.92 Å². The topological polar surface area (TPSA) is 82.9 Å². The summed E-state index contributed by atoms with van der Waals surface area (Å²) < 4.78 is 5.93. The maximum Gasteiger partial charge on any atom is 0.257 e. The van der Waals surface area contributed by atoms with Crippen LogP contribution in [0.1, 0.15) is 46.4 Å². The van der Waals surface area contributed by atoms with Crippen molar-refractivity contribution in [3.63, 3.8) is 0 Å². The van der Waals surface area contributed by atoms with Gasteiger partial charge in [-0.05, 0) is 56.0 Å². The minimum Gasteiger partial charge on any atom is -0.472 e. The normalized spacial score (nSPS) is 18.1. The Labute approximate surface area is 189 Å². The Hall–Kier alpha value is -2.61. The molecule has 2 aliphatic heterocycles. The van der Waals surface area contributed by atoms with Gasteiger partial charge in [-0.25, -0.2) is 0 Å². The molecule has 31 heavy (non-hydrogen) atoms. The number of likely N-dealkylation sites (tertiary alicyclic amines) is 2. The van der Waals surface area contributed by atoms with Crippen LogP contribution >= 0.6 is 15.9 Å². The number of piperidine rings is 2. The maximum atomic E-state index is 12.7. The first-order valence-corrected chi connectivity index (χ1v) is 11.5. The fourth-order valence-electron chi connectivity index (χ4n) is 4.23. The zero-order chi connectivity index (χ0) is 21.8. The molecule has 2 aliphatic rings. The third kappa shape index (κ3) is 5.18. The van der Waals surface area contributed by atoms with Gasteiger partial charge < -0.3 is 19.5 Å². The van der Waals surface area contributed by atoms with Gasteiger partial charge in [0.2, 0.25) is 5.91 Å². The standard InChI is InChI=1S/C23H26BrN3O4/c24-19-3-1-17(2-4-19)22(29)26-10-5-16(6-11-26)21(28)25-20-7-12-27(13-8-20)23(30)18-9-14-31-15-18/h1-4,9,14-16,20H,5-8,10-13H2,(H,25,28). The molecule has 0 unspecified atom stereocenters. The molecule has 1 N–H and O–H groups in total. The van der Waals surface area contributed by atoms with Crippen LogP contribution in [0.25, 0.3) is 0 Å². The average molecular weight is 488 g/mol. The quantitative estimate of drug-likeness (QED) is 0.716. The van der Waals surface area contributed by atoms with E-state index in [1.165, 1.54) is 12.5 Å². The second-order valence-corrected chi connectivity index (χ2v) is 9.08. The van der Waals surface area contributed by atoms with Crippen LogP contribution in [0.2, 0.25) is 0 Å². The summed E-state index contributed by atoms with van der Waals surface area (Å²) >= 11 is 3.38. The monoisotopic (exact) mass is 487 g/mol. The molecule has 1 aromatic carbocycles. The molecule has 0 radical (unpaired) electrons. The number of amides is 3. The summed E-state index contributed by atoms with van der Waals surface area (Å²) in [6, 6.07) is 9.11. The van der Waals surface area contributed by atoms with E-state index >= 15 is 0 Å². The molecule has 0 saturated carbocycles. The van der Waals surface area contributed by atoms with Gasteiger partial charge in [0.25, 0.3) is 11.8 Å².